The molecule has 1 aromatic carbocycles. The number of aryl methyl sites for hydroxylation is 1. The van der Waals surface area contributed by atoms with Gasteiger partial charge in [0.1, 0.15) is 5.75 Å². The number of hydrogen-bond acceptors (Lipinski definition) is 3. The van der Waals surface area contributed by atoms with Gasteiger partial charge in [-0.3, -0.25) is 4.90 Å². The lowest BCUT2D eigenvalue weighted by molar-refractivity contribution is 0.121. The van der Waals surface area contributed by atoms with E-state index in [1.807, 2.05) is 0 Å². The second-order valence-electron chi connectivity index (χ2n) is 6.68. The van der Waals surface area contributed by atoms with E-state index in [9.17, 15) is 0 Å². The number of ether oxygens (including phenoxy) is 1. The molecule has 0 heterocycles. The summed E-state index contributed by atoms with van der Waals surface area (Å²) >= 11 is 0. The van der Waals surface area contributed by atoms with Gasteiger partial charge in [-0.05, 0) is 75.9 Å². The van der Waals surface area contributed by atoms with Gasteiger partial charge in [0.15, 0.2) is 0 Å². The molecule has 3 rings (SSSR count). The molecule has 0 spiro atoms. The highest BCUT2D eigenvalue weighted by Gasteiger charge is 2.38. The molecule has 0 aliphatic heterocycles. The molecule has 0 amide bonds. The molecule has 2 aliphatic carbocycles. The average Bonchev–Trinajstić information content (AvgIpc) is 3.36. The fourth-order valence-electron chi connectivity index (χ4n) is 3.89. The number of methoxy groups -OCH3 is 1. The third kappa shape index (κ3) is 2.82. The number of likely N-dealkylation sites (N-methyl/N-ethyl adjacent to an activating group) is 2. The Morgan fingerprint density at radius 2 is 2.05 bits per heavy atom. The van der Waals surface area contributed by atoms with Crippen molar-refractivity contribution in [3.05, 3.63) is 29.3 Å². The number of benzene rings is 1. The van der Waals surface area contributed by atoms with Gasteiger partial charge in [-0.25, -0.2) is 0 Å². The fraction of sp³-hybridized carbons (Fsp3) is 0.667. The summed E-state index contributed by atoms with van der Waals surface area (Å²) in [6, 6.07) is 8.21. The van der Waals surface area contributed by atoms with Gasteiger partial charge in [-0.1, -0.05) is 6.07 Å². The van der Waals surface area contributed by atoms with E-state index in [-0.39, 0.29) is 0 Å². The number of nitrogens with zero attached hydrogens (tertiary/aromatic N) is 1. The van der Waals surface area contributed by atoms with Gasteiger partial charge in [0, 0.05) is 18.1 Å². The summed E-state index contributed by atoms with van der Waals surface area (Å²) in [5.74, 6) is 1.88. The summed E-state index contributed by atoms with van der Waals surface area (Å²) in [4.78, 5) is 2.61. The normalized spacial score (nSPS) is 26.5. The second kappa shape index (κ2) is 5.98. The maximum absolute atomic E-state index is 5.42. The molecule has 3 unspecified atom stereocenters. The molecule has 3 nitrogen and oxygen atoms in total. The van der Waals surface area contributed by atoms with Gasteiger partial charge in [0.05, 0.1) is 7.11 Å². The van der Waals surface area contributed by atoms with Crippen LogP contribution in [0.4, 0.5) is 0 Å². The lowest BCUT2D eigenvalue weighted by Gasteiger charge is -2.42. The smallest absolute Gasteiger partial charge is 0.119 e. The molecule has 0 saturated heterocycles. The topological polar surface area (TPSA) is 24.5 Å². The first-order valence-corrected chi connectivity index (χ1v) is 8.21. The van der Waals surface area contributed by atoms with Gasteiger partial charge in [-0.15, -0.1) is 0 Å². The predicted octanol–water partition coefficient (Wildman–Crippen LogP) is 3.00. The highest BCUT2D eigenvalue weighted by molar-refractivity contribution is 5.40. The number of hydrogen-bond donors (Lipinski definition) is 1. The molecule has 2 aliphatic rings. The van der Waals surface area contributed by atoms with E-state index in [1.165, 1.54) is 36.8 Å². The Balaban J connectivity index is 1.86. The molecule has 3 heteroatoms. The molecule has 0 bridgehead atoms. The summed E-state index contributed by atoms with van der Waals surface area (Å²) in [7, 11) is 6.14. The van der Waals surface area contributed by atoms with E-state index in [0.29, 0.717) is 18.1 Å². The summed E-state index contributed by atoms with van der Waals surface area (Å²) in [6.07, 6.45) is 5.22. The minimum absolute atomic E-state index is 0.398. The van der Waals surface area contributed by atoms with Crippen molar-refractivity contribution in [2.75, 3.05) is 21.2 Å². The first kappa shape index (κ1) is 14.9. The van der Waals surface area contributed by atoms with Crippen molar-refractivity contribution in [2.24, 2.45) is 5.92 Å². The van der Waals surface area contributed by atoms with Crippen LogP contribution in [-0.2, 0) is 6.42 Å². The maximum Gasteiger partial charge on any atom is 0.119 e. The van der Waals surface area contributed by atoms with Gasteiger partial charge >= 0.3 is 0 Å². The van der Waals surface area contributed by atoms with E-state index < -0.39 is 0 Å². The van der Waals surface area contributed by atoms with E-state index in [0.717, 1.165) is 11.7 Å². The molecule has 1 aromatic rings. The molecule has 1 N–H and O–H groups in total. The largest absolute Gasteiger partial charge is 0.497 e. The van der Waals surface area contributed by atoms with Gasteiger partial charge < -0.3 is 10.1 Å². The van der Waals surface area contributed by atoms with Crippen LogP contribution in [0.5, 0.6) is 5.75 Å². The van der Waals surface area contributed by atoms with Crippen LogP contribution in [0.2, 0.25) is 0 Å². The molecule has 1 saturated carbocycles. The van der Waals surface area contributed by atoms with E-state index >= 15 is 0 Å². The van der Waals surface area contributed by atoms with Crippen molar-refractivity contribution < 1.29 is 4.74 Å². The highest BCUT2D eigenvalue weighted by atomic mass is 16.5. The van der Waals surface area contributed by atoms with Crippen molar-refractivity contribution in [3.63, 3.8) is 0 Å². The summed E-state index contributed by atoms with van der Waals surface area (Å²) in [5, 5.41) is 3.56. The Hall–Kier alpha value is -1.06. The summed E-state index contributed by atoms with van der Waals surface area (Å²) < 4.78 is 5.42. The monoisotopic (exact) mass is 288 g/mol. The van der Waals surface area contributed by atoms with Crippen LogP contribution in [0.25, 0.3) is 0 Å². The first-order chi connectivity index (χ1) is 10.2. The number of rotatable bonds is 5. The van der Waals surface area contributed by atoms with Crippen molar-refractivity contribution >= 4 is 0 Å². The summed E-state index contributed by atoms with van der Waals surface area (Å²) in [5.41, 5.74) is 2.89. The lowest BCUT2D eigenvalue weighted by Crippen LogP contribution is -2.48. The zero-order valence-corrected chi connectivity index (χ0v) is 13.7. The molecule has 116 valence electrons. The SMILES string of the molecule is CNC1c2cc(OC)ccc2CCC1N(C)C(C)C1CC1. The molecular formula is C18H28N2O. The average molecular weight is 288 g/mol. The molecule has 0 radical (unpaired) electrons. The first-order valence-electron chi connectivity index (χ1n) is 8.21. The Morgan fingerprint density at radius 3 is 2.67 bits per heavy atom. The number of nitrogens with one attached hydrogen (secondary N) is 1. The Labute approximate surface area is 128 Å². The molecule has 3 atom stereocenters. The standard InChI is InChI=1S/C18H28N2O/c1-12(13-5-6-13)20(3)17-10-8-14-7-9-15(21-4)11-16(14)18(17)19-2/h7,9,11-13,17-19H,5-6,8,10H2,1-4H3. The van der Waals surface area contributed by atoms with Crippen molar-refractivity contribution in [3.8, 4) is 5.75 Å². The van der Waals surface area contributed by atoms with Crippen LogP contribution in [-0.4, -0.2) is 38.2 Å². The quantitative estimate of drug-likeness (QED) is 0.901. The third-order valence-corrected chi connectivity index (χ3v) is 5.56. The maximum atomic E-state index is 5.42. The zero-order chi connectivity index (χ0) is 15.0. The van der Waals surface area contributed by atoms with E-state index in [1.54, 1.807) is 7.11 Å². The van der Waals surface area contributed by atoms with Crippen molar-refractivity contribution in [1.82, 2.24) is 10.2 Å². The van der Waals surface area contributed by atoms with Crippen molar-refractivity contribution in [2.45, 2.75) is 50.7 Å². The van der Waals surface area contributed by atoms with Gasteiger partial charge in [0.2, 0.25) is 0 Å². The predicted molar refractivity (Wildman–Crippen MR) is 86.9 cm³/mol. The molecular weight excluding hydrogens is 260 g/mol. The molecule has 1 fully saturated rings. The van der Waals surface area contributed by atoms with E-state index in [4.69, 9.17) is 4.74 Å². The Morgan fingerprint density at radius 1 is 1.29 bits per heavy atom. The minimum atomic E-state index is 0.398. The van der Waals surface area contributed by atoms with Crippen LogP contribution < -0.4 is 10.1 Å². The van der Waals surface area contributed by atoms with Crippen LogP contribution in [0.15, 0.2) is 18.2 Å². The minimum Gasteiger partial charge on any atom is -0.497 e. The Kier molecular flexibility index (Phi) is 4.23. The van der Waals surface area contributed by atoms with Crippen LogP contribution >= 0.6 is 0 Å². The zero-order valence-electron chi connectivity index (χ0n) is 13.7. The highest BCUT2D eigenvalue weighted by Crippen LogP contribution is 2.40. The summed E-state index contributed by atoms with van der Waals surface area (Å²) in [6.45, 7) is 2.39. The van der Waals surface area contributed by atoms with Gasteiger partial charge in [-0.2, -0.15) is 0 Å². The van der Waals surface area contributed by atoms with Crippen LogP contribution in [0.1, 0.15) is 43.4 Å². The van der Waals surface area contributed by atoms with Crippen LogP contribution in [0.3, 0.4) is 0 Å². The van der Waals surface area contributed by atoms with Crippen LogP contribution in [0, 0.1) is 5.92 Å². The second-order valence-corrected chi connectivity index (χ2v) is 6.68. The van der Waals surface area contributed by atoms with Gasteiger partial charge in [0.25, 0.3) is 0 Å². The fourth-order valence-corrected chi connectivity index (χ4v) is 3.89. The molecule has 0 aromatic heterocycles. The number of fused-ring (bicyclic) bond motifs is 1. The van der Waals surface area contributed by atoms with Crippen molar-refractivity contribution in [1.29, 1.82) is 0 Å². The Bertz CT molecular complexity index is 498. The third-order valence-electron chi connectivity index (χ3n) is 5.56. The lowest BCUT2D eigenvalue weighted by atomic mass is 9.82. The van der Waals surface area contributed by atoms with E-state index in [2.05, 4.69) is 49.4 Å². The molecule has 21 heavy (non-hydrogen) atoms.